The molecule has 20 heavy (non-hydrogen) atoms. The number of benzene rings is 1. The topological polar surface area (TPSA) is 42.1 Å². The SMILES string of the molecule is NCCC1CN(CCc2ccncc2)c2ccccc21. The molecule has 1 aromatic carbocycles. The summed E-state index contributed by atoms with van der Waals surface area (Å²) < 4.78 is 0. The average molecular weight is 267 g/mol. The monoisotopic (exact) mass is 267 g/mol. The predicted octanol–water partition coefficient (Wildman–Crippen LogP) is 2.58. The van der Waals surface area contributed by atoms with Crippen molar-refractivity contribution in [3.05, 3.63) is 59.9 Å². The van der Waals surface area contributed by atoms with Crippen LogP contribution in [0.25, 0.3) is 0 Å². The van der Waals surface area contributed by atoms with E-state index < -0.39 is 0 Å². The Morgan fingerprint density at radius 2 is 1.95 bits per heavy atom. The summed E-state index contributed by atoms with van der Waals surface area (Å²) in [5, 5.41) is 0. The Hall–Kier alpha value is -1.87. The number of nitrogens with two attached hydrogens (primary N) is 1. The molecule has 1 aliphatic heterocycles. The van der Waals surface area contributed by atoms with E-state index in [0.29, 0.717) is 5.92 Å². The summed E-state index contributed by atoms with van der Waals surface area (Å²) >= 11 is 0. The first-order chi connectivity index (χ1) is 9.88. The Labute approximate surface area is 120 Å². The van der Waals surface area contributed by atoms with E-state index in [0.717, 1.165) is 32.5 Å². The minimum Gasteiger partial charge on any atom is -0.370 e. The van der Waals surface area contributed by atoms with Gasteiger partial charge in [-0.05, 0) is 48.7 Å². The van der Waals surface area contributed by atoms with Gasteiger partial charge in [0.1, 0.15) is 0 Å². The van der Waals surface area contributed by atoms with Gasteiger partial charge in [-0.15, -0.1) is 0 Å². The van der Waals surface area contributed by atoms with E-state index in [2.05, 4.69) is 46.3 Å². The highest BCUT2D eigenvalue weighted by molar-refractivity contribution is 5.60. The van der Waals surface area contributed by atoms with Crippen molar-refractivity contribution in [1.82, 2.24) is 4.98 Å². The van der Waals surface area contributed by atoms with Gasteiger partial charge in [-0.2, -0.15) is 0 Å². The van der Waals surface area contributed by atoms with Crippen molar-refractivity contribution in [2.75, 3.05) is 24.5 Å². The zero-order chi connectivity index (χ0) is 13.8. The summed E-state index contributed by atoms with van der Waals surface area (Å²) in [4.78, 5) is 6.57. The normalized spacial score (nSPS) is 17.2. The molecular weight excluding hydrogens is 246 g/mol. The molecule has 0 amide bonds. The van der Waals surface area contributed by atoms with Gasteiger partial charge in [-0.25, -0.2) is 0 Å². The van der Waals surface area contributed by atoms with Crippen molar-refractivity contribution in [2.24, 2.45) is 5.73 Å². The lowest BCUT2D eigenvalue weighted by Crippen LogP contribution is -2.25. The molecule has 0 bridgehead atoms. The van der Waals surface area contributed by atoms with Crippen LogP contribution in [-0.2, 0) is 6.42 Å². The third-order valence-corrected chi connectivity index (χ3v) is 4.09. The van der Waals surface area contributed by atoms with Crippen molar-refractivity contribution >= 4 is 5.69 Å². The molecule has 2 heterocycles. The van der Waals surface area contributed by atoms with Crippen LogP contribution >= 0.6 is 0 Å². The van der Waals surface area contributed by atoms with Crippen LogP contribution in [0.15, 0.2) is 48.8 Å². The molecule has 3 rings (SSSR count). The smallest absolute Gasteiger partial charge is 0.0402 e. The molecule has 0 aliphatic carbocycles. The van der Waals surface area contributed by atoms with Crippen LogP contribution in [0.1, 0.15) is 23.5 Å². The highest BCUT2D eigenvalue weighted by atomic mass is 15.2. The van der Waals surface area contributed by atoms with E-state index in [1.807, 2.05) is 12.4 Å². The van der Waals surface area contributed by atoms with Crippen LogP contribution in [0, 0.1) is 0 Å². The molecule has 3 nitrogen and oxygen atoms in total. The van der Waals surface area contributed by atoms with Crippen LogP contribution in [0.5, 0.6) is 0 Å². The van der Waals surface area contributed by atoms with E-state index in [1.165, 1.54) is 16.8 Å². The molecule has 2 N–H and O–H groups in total. The van der Waals surface area contributed by atoms with E-state index in [1.54, 1.807) is 0 Å². The van der Waals surface area contributed by atoms with Crippen LogP contribution in [0.2, 0.25) is 0 Å². The zero-order valence-corrected chi connectivity index (χ0v) is 11.7. The number of hydrogen-bond acceptors (Lipinski definition) is 3. The maximum Gasteiger partial charge on any atom is 0.0402 e. The summed E-state index contributed by atoms with van der Waals surface area (Å²) in [6, 6.07) is 12.9. The molecule has 0 fully saturated rings. The minimum atomic E-state index is 0.591. The summed E-state index contributed by atoms with van der Waals surface area (Å²) in [7, 11) is 0. The highest BCUT2D eigenvalue weighted by Crippen LogP contribution is 2.37. The largest absolute Gasteiger partial charge is 0.370 e. The van der Waals surface area contributed by atoms with Gasteiger partial charge in [0, 0.05) is 37.1 Å². The fourth-order valence-corrected chi connectivity index (χ4v) is 3.06. The number of pyridine rings is 1. The standard InChI is InChI=1S/C17H21N3/c18-9-5-15-13-20(17-4-2-1-3-16(15)17)12-8-14-6-10-19-11-7-14/h1-4,6-7,10-11,15H,5,8-9,12-13,18H2. The maximum absolute atomic E-state index is 5.75. The fraction of sp³-hybridized carbons (Fsp3) is 0.353. The summed E-state index contributed by atoms with van der Waals surface area (Å²) in [5.74, 6) is 0.591. The van der Waals surface area contributed by atoms with Crippen LogP contribution < -0.4 is 10.6 Å². The Morgan fingerprint density at radius 1 is 1.15 bits per heavy atom. The molecule has 0 saturated heterocycles. The first-order valence-corrected chi connectivity index (χ1v) is 7.31. The van der Waals surface area contributed by atoms with Crippen molar-refractivity contribution < 1.29 is 0 Å². The van der Waals surface area contributed by atoms with Crippen LogP contribution in [0.4, 0.5) is 5.69 Å². The molecule has 3 heteroatoms. The van der Waals surface area contributed by atoms with Gasteiger partial charge in [-0.3, -0.25) is 4.98 Å². The molecule has 1 unspecified atom stereocenters. The molecule has 1 aromatic heterocycles. The van der Waals surface area contributed by atoms with Crippen molar-refractivity contribution in [1.29, 1.82) is 0 Å². The average Bonchev–Trinajstić information content (AvgIpc) is 2.85. The second-order valence-electron chi connectivity index (χ2n) is 5.38. The summed E-state index contributed by atoms with van der Waals surface area (Å²) in [6.45, 7) is 2.92. The number of hydrogen-bond donors (Lipinski definition) is 1. The summed E-state index contributed by atoms with van der Waals surface area (Å²) in [6.07, 6.45) is 5.87. The second-order valence-corrected chi connectivity index (χ2v) is 5.38. The van der Waals surface area contributed by atoms with E-state index >= 15 is 0 Å². The maximum atomic E-state index is 5.75. The van der Waals surface area contributed by atoms with Gasteiger partial charge in [0.05, 0.1) is 0 Å². The predicted molar refractivity (Wildman–Crippen MR) is 83.0 cm³/mol. The van der Waals surface area contributed by atoms with Gasteiger partial charge in [0.15, 0.2) is 0 Å². The van der Waals surface area contributed by atoms with E-state index in [9.17, 15) is 0 Å². The lowest BCUT2D eigenvalue weighted by molar-refractivity contribution is 0.643. The Kier molecular flexibility index (Phi) is 3.97. The molecule has 2 aromatic rings. The Morgan fingerprint density at radius 3 is 2.75 bits per heavy atom. The zero-order valence-electron chi connectivity index (χ0n) is 11.7. The van der Waals surface area contributed by atoms with Gasteiger partial charge < -0.3 is 10.6 Å². The number of fused-ring (bicyclic) bond motifs is 1. The third kappa shape index (κ3) is 2.68. The summed E-state index contributed by atoms with van der Waals surface area (Å²) in [5.41, 5.74) is 9.95. The van der Waals surface area contributed by atoms with Crippen LogP contribution in [0.3, 0.4) is 0 Å². The molecule has 0 radical (unpaired) electrons. The first kappa shape index (κ1) is 13.1. The van der Waals surface area contributed by atoms with E-state index in [4.69, 9.17) is 5.73 Å². The van der Waals surface area contributed by atoms with Gasteiger partial charge >= 0.3 is 0 Å². The van der Waals surface area contributed by atoms with Crippen LogP contribution in [-0.4, -0.2) is 24.6 Å². The molecule has 0 spiro atoms. The molecule has 1 aliphatic rings. The quantitative estimate of drug-likeness (QED) is 0.905. The number of rotatable bonds is 5. The lowest BCUT2D eigenvalue weighted by atomic mass is 9.98. The van der Waals surface area contributed by atoms with Gasteiger partial charge in [0.25, 0.3) is 0 Å². The Bertz CT molecular complexity index is 553. The Balaban J connectivity index is 1.72. The number of aromatic nitrogens is 1. The van der Waals surface area contributed by atoms with Gasteiger partial charge in [-0.1, -0.05) is 18.2 Å². The number of anilines is 1. The van der Waals surface area contributed by atoms with Crippen molar-refractivity contribution in [3.8, 4) is 0 Å². The van der Waals surface area contributed by atoms with Gasteiger partial charge in [0.2, 0.25) is 0 Å². The first-order valence-electron chi connectivity index (χ1n) is 7.31. The van der Waals surface area contributed by atoms with Crippen molar-refractivity contribution in [2.45, 2.75) is 18.8 Å². The fourth-order valence-electron chi connectivity index (χ4n) is 3.06. The third-order valence-electron chi connectivity index (χ3n) is 4.09. The number of nitrogens with zero attached hydrogens (tertiary/aromatic N) is 2. The number of para-hydroxylation sites is 1. The minimum absolute atomic E-state index is 0.591. The second kappa shape index (κ2) is 6.06. The molecule has 1 atom stereocenters. The van der Waals surface area contributed by atoms with E-state index in [-0.39, 0.29) is 0 Å². The molecule has 104 valence electrons. The molecule has 0 saturated carbocycles. The lowest BCUT2D eigenvalue weighted by Gasteiger charge is -2.20. The highest BCUT2D eigenvalue weighted by Gasteiger charge is 2.26. The van der Waals surface area contributed by atoms with Crippen molar-refractivity contribution in [3.63, 3.8) is 0 Å². The molecular formula is C17H21N3.